The van der Waals surface area contributed by atoms with Crippen molar-refractivity contribution in [3.63, 3.8) is 0 Å². The molecule has 3 heterocycles. The van der Waals surface area contributed by atoms with E-state index in [1.54, 1.807) is 48.5 Å². The van der Waals surface area contributed by atoms with Gasteiger partial charge in [-0.05, 0) is 66.9 Å². The maximum absolute atomic E-state index is 13.8. The molecule has 11 heteroatoms. The maximum Gasteiger partial charge on any atom is 0.251 e. The van der Waals surface area contributed by atoms with E-state index in [2.05, 4.69) is 20.7 Å². The van der Waals surface area contributed by atoms with Crippen LogP contribution < -0.4 is 10.2 Å². The van der Waals surface area contributed by atoms with Crippen LogP contribution in [0, 0.1) is 6.92 Å². The zero-order valence-electron chi connectivity index (χ0n) is 20.9. The lowest BCUT2D eigenvalue weighted by Gasteiger charge is -2.31. The number of tetrazole rings is 1. The number of aromatic hydroxyl groups is 1. The summed E-state index contributed by atoms with van der Waals surface area (Å²) in [6.07, 6.45) is 1.74. The molecule has 2 N–H and O–H groups in total. The number of aryl methyl sites for hydroxylation is 1. The number of nitrogens with one attached hydrogen (secondary N) is 1. The third-order valence-electron chi connectivity index (χ3n) is 6.24. The normalized spacial score (nSPS) is 15.8. The molecule has 4 aromatic rings. The number of hydrogen-bond acceptors (Lipinski definition) is 8. The Morgan fingerprint density at radius 3 is 2.61 bits per heavy atom. The molecule has 2 aromatic heterocycles. The molecule has 2 atom stereocenters. The average Bonchev–Trinajstić information content (AvgIpc) is 3.70. The number of ether oxygens (including phenoxy) is 1. The second-order valence-corrected chi connectivity index (χ2v) is 9.03. The molecule has 2 amide bonds. The minimum absolute atomic E-state index is 0.0531. The van der Waals surface area contributed by atoms with Gasteiger partial charge in [0, 0.05) is 18.8 Å². The van der Waals surface area contributed by atoms with E-state index in [1.807, 2.05) is 13.0 Å². The third kappa shape index (κ3) is 5.73. The SMILES string of the molecule is Cc1ccc(-c2nnn(CC(=O)N(c3ccccc3)[C@H](C(=O)NC[C@H]3CCCO3)c3ccc(O)cc3)n2)o1. The largest absolute Gasteiger partial charge is 0.508 e. The summed E-state index contributed by atoms with van der Waals surface area (Å²) < 4.78 is 11.2. The number of benzene rings is 2. The van der Waals surface area contributed by atoms with Crippen LogP contribution in [0.25, 0.3) is 11.6 Å². The van der Waals surface area contributed by atoms with Crippen LogP contribution in [-0.2, 0) is 20.9 Å². The molecule has 1 saturated heterocycles. The lowest BCUT2D eigenvalue weighted by Crippen LogP contribution is -2.46. The standard InChI is InChI=1S/C27H28N6O5/c1-18-9-14-23(38-18)26-29-31-32(30-26)17-24(35)33(20-6-3-2-4-7-20)25(19-10-12-21(34)13-11-19)27(36)28-16-22-8-5-15-37-22/h2-4,6-7,9-14,22,25,34H,5,8,15-17H2,1H3,(H,28,36)/t22-,25+/m1/s1. The zero-order chi connectivity index (χ0) is 26.5. The van der Waals surface area contributed by atoms with Gasteiger partial charge >= 0.3 is 0 Å². The third-order valence-corrected chi connectivity index (χ3v) is 6.24. The molecule has 0 saturated carbocycles. The topological polar surface area (TPSA) is 136 Å². The van der Waals surface area contributed by atoms with Crippen LogP contribution in [-0.4, -0.2) is 56.4 Å². The van der Waals surface area contributed by atoms with Gasteiger partial charge in [0.1, 0.15) is 24.1 Å². The number of hydrogen-bond donors (Lipinski definition) is 2. The summed E-state index contributed by atoms with van der Waals surface area (Å²) in [5.41, 5.74) is 1.05. The molecule has 0 unspecified atom stereocenters. The molecule has 5 rings (SSSR count). The number of phenols is 1. The number of nitrogens with zero attached hydrogens (tertiary/aromatic N) is 5. The van der Waals surface area contributed by atoms with Gasteiger partial charge in [0.05, 0.1) is 6.10 Å². The maximum atomic E-state index is 13.8. The Kier molecular flexibility index (Phi) is 7.45. The first kappa shape index (κ1) is 25.2. The number of rotatable bonds is 9. The molecule has 1 aliphatic heterocycles. The minimum Gasteiger partial charge on any atom is -0.508 e. The van der Waals surface area contributed by atoms with E-state index in [4.69, 9.17) is 9.15 Å². The van der Waals surface area contributed by atoms with E-state index < -0.39 is 11.9 Å². The summed E-state index contributed by atoms with van der Waals surface area (Å²) in [7, 11) is 0. The van der Waals surface area contributed by atoms with Gasteiger partial charge < -0.3 is 19.6 Å². The molecule has 1 aliphatic rings. The lowest BCUT2D eigenvalue weighted by atomic mass is 10.0. The fourth-order valence-corrected chi connectivity index (χ4v) is 4.38. The number of carbonyl (C=O) groups excluding carboxylic acids is 2. The fourth-order valence-electron chi connectivity index (χ4n) is 4.38. The van der Waals surface area contributed by atoms with Crippen LogP contribution in [0.4, 0.5) is 5.69 Å². The van der Waals surface area contributed by atoms with Gasteiger partial charge in [-0.3, -0.25) is 14.5 Å². The van der Waals surface area contributed by atoms with Gasteiger partial charge in [-0.15, -0.1) is 10.2 Å². The van der Waals surface area contributed by atoms with E-state index in [9.17, 15) is 14.7 Å². The van der Waals surface area contributed by atoms with E-state index >= 15 is 0 Å². The van der Waals surface area contributed by atoms with Crippen LogP contribution in [0.15, 0.2) is 71.1 Å². The van der Waals surface area contributed by atoms with Crippen LogP contribution in [0.2, 0.25) is 0 Å². The summed E-state index contributed by atoms with van der Waals surface area (Å²) in [6.45, 7) is 2.54. The van der Waals surface area contributed by atoms with Crippen molar-refractivity contribution < 1.29 is 23.8 Å². The molecule has 1 fully saturated rings. The predicted octanol–water partition coefficient (Wildman–Crippen LogP) is 3.02. The minimum atomic E-state index is -1.03. The van der Waals surface area contributed by atoms with Crippen molar-refractivity contribution in [2.24, 2.45) is 0 Å². The van der Waals surface area contributed by atoms with Gasteiger partial charge in [-0.2, -0.15) is 4.80 Å². The highest BCUT2D eigenvalue weighted by Crippen LogP contribution is 2.29. The van der Waals surface area contributed by atoms with Crippen molar-refractivity contribution in [2.45, 2.75) is 38.5 Å². The Labute approximate surface area is 219 Å². The highest BCUT2D eigenvalue weighted by atomic mass is 16.5. The van der Waals surface area contributed by atoms with E-state index in [-0.39, 0.29) is 30.1 Å². The quantitative estimate of drug-likeness (QED) is 0.347. The predicted molar refractivity (Wildman–Crippen MR) is 137 cm³/mol. The van der Waals surface area contributed by atoms with E-state index in [1.165, 1.54) is 21.8 Å². The highest BCUT2D eigenvalue weighted by molar-refractivity contribution is 6.01. The summed E-state index contributed by atoms with van der Waals surface area (Å²) in [6, 6.07) is 17.6. The van der Waals surface area contributed by atoms with Crippen LogP contribution in [0.5, 0.6) is 5.75 Å². The first-order valence-electron chi connectivity index (χ1n) is 12.4. The highest BCUT2D eigenvalue weighted by Gasteiger charge is 2.34. The Balaban J connectivity index is 1.46. The molecule has 38 heavy (non-hydrogen) atoms. The van der Waals surface area contributed by atoms with Crippen molar-refractivity contribution in [3.05, 3.63) is 78.1 Å². The number of anilines is 1. The van der Waals surface area contributed by atoms with Crippen LogP contribution >= 0.6 is 0 Å². The number of phenolic OH excluding ortho intramolecular Hbond substituents is 1. The molecule has 0 spiro atoms. The number of amides is 2. The number of aromatic nitrogens is 4. The van der Waals surface area contributed by atoms with Gasteiger partial charge in [0.25, 0.3) is 5.91 Å². The first-order chi connectivity index (χ1) is 18.5. The van der Waals surface area contributed by atoms with Crippen molar-refractivity contribution >= 4 is 17.5 Å². The Hall–Kier alpha value is -4.51. The van der Waals surface area contributed by atoms with Gasteiger partial charge in [-0.25, -0.2) is 0 Å². The van der Waals surface area contributed by atoms with Gasteiger partial charge in [0.15, 0.2) is 5.76 Å². The molecule has 196 valence electrons. The Bertz CT molecular complexity index is 1380. The average molecular weight is 517 g/mol. The Morgan fingerprint density at radius 2 is 1.92 bits per heavy atom. The molecule has 0 aliphatic carbocycles. The molecule has 2 aromatic carbocycles. The molecule has 11 nitrogen and oxygen atoms in total. The molecule has 0 bridgehead atoms. The second kappa shape index (κ2) is 11.3. The second-order valence-electron chi connectivity index (χ2n) is 9.03. The van der Waals surface area contributed by atoms with E-state index in [0.29, 0.717) is 35.9 Å². The summed E-state index contributed by atoms with van der Waals surface area (Å²) >= 11 is 0. The van der Waals surface area contributed by atoms with Crippen LogP contribution in [0.1, 0.15) is 30.2 Å². The van der Waals surface area contributed by atoms with Gasteiger partial charge in [-0.1, -0.05) is 30.3 Å². The summed E-state index contributed by atoms with van der Waals surface area (Å²) in [4.78, 5) is 30.1. The van der Waals surface area contributed by atoms with E-state index in [0.717, 1.165) is 12.8 Å². The van der Waals surface area contributed by atoms with Crippen LogP contribution in [0.3, 0.4) is 0 Å². The first-order valence-corrected chi connectivity index (χ1v) is 12.4. The zero-order valence-corrected chi connectivity index (χ0v) is 20.9. The molecular weight excluding hydrogens is 488 g/mol. The molecular formula is C27H28N6O5. The Morgan fingerprint density at radius 1 is 1.13 bits per heavy atom. The monoisotopic (exact) mass is 516 g/mol. The number of para-hydroxylation sites is 1. The van der Waals surface area contributed by atoms with Crippen molar-refractivity contribution in [1.29, 1.82) is 0 Å². The summed E-state index contributed by atoms with van der Waals surface area (Å²) in [5, 5.41) is 25.1. The number of furan rings is 1. The summed E-state index contributed by atoms with van der Waals surface area (Å²) in [5.74, 6) is 0.645. The smallest absolute Gasteiger partial charge is 0.251 e. The van der Waals surface area contributed by atoms with Crippen molar-refractivity contribution in [2.75, 3.05) is 18.1 Å². The van der Waals surface area contributed by atoms with Gasteiger partial charge in [0.2, 0.25) is 11.7 Å². The lowest BCUT2D eigenvalue weighted by molar-refractivity contribution is -0.127. The fraction of sp³-hybridized carbons (Fsp3) is 0.296. The number of carbonyl (C=O) groups is 2. The van der Waals surface area contributed by atoms with Crippen molar-refractivity contribution in [3.8, 4) is 17.3 Å². The van der Waals surface area contributed by atoms with Crippen molar-refractivity contribution in [1.82, 2.24) is 25.5 Å². The molecule has 0 radical (unpaired) electrons.